The number of pyridine rings is 1. The van der Waals surface area contributed by atoms with Gasteiger partial charge in [-0.05, 0) is 25.5 Å². The fourth-order valence-electron chi connectivity index (χ4n) is 2.08. The average molecular weight is 296 g/mol. The molecule has 5 nitrogen and oxygen atoms in total. The summed E-state index contributed by atoms with van der Waals surface area (Å²) in [7, 11) is 0. The van der Waals surface area contributed by atoms with Gasteiger partial charge in [0.1, 0.15) is 5.82 Å². The minimum atomic E-state index is -4.99. The summed E-state index contributed by atoms with van der Waals surface area (Å²) in [6.07, 6.45) is -3.63. The molecule has 0 aliphatic carbocycles. The number of aromatic nitrogens is 1. The number of anilines is 1. The number of amides is 1. The third-order valence-electron chi connectivity index (χ3n) is 3.16. The van der Waals surface area contributed by atoms with Crippen molar-refractivity contribution in [2.75, 3.05) is 5.32 Å². The summed E-state index contributed by atoms with van der Waals surface area (Å²) < 4.78 is 40.5. The van der Waals surface area contributed by atoms with Crippen LogP contribution >= 0.6 is 0 Å². The second kappa shape index (κ2) is 4.77. The maximum Gasteiger partial charge on any atom is 0.425 e. The highest BCUT2D eigenvalue weighted by Gasteiger charge is 2.66. The van der Waals surface area contributed by atoms with E-state index < -0.39 is 23.2 Å². The van der Waals surface area contributed by atoms with E-state index in [9.17, 15) is 18.0 Å². The second-order valence-electron chi connectivity index (χ2n) is 4.66. The molecule has 0 bridgehead atoms. The monoisotopic (exact) mass is 296 g/mol. The molecule has 0 spiro atoms. The number of nitrogens with zero attached hydrogens (tertiary/aromatic N) is 2. The molecule has 1 aromatic heterocycles. The van der Waals surface area contributed by atoms with Gasteiger partial charge < -0.3 is 10.6 Å². The minimum absolute atomic E-state index is 0.126. The highest BCUT2D eigenvalue weighted by molar-refractivity contribution is 6.00. The Hall–Kier alpha value is -2.56. The molecule has 21 heavy (non-hydrogen) atoms. The van der Waals surface area contributed by atoms with Gasteiger partial charge in [-0.1, -0.05) is 6.07 Å². The standard InChI is InChI=1S/C13H11F3N4O/c1-7-3-4-10(18-6-7)20-12(13(14,15)16)9(5-17)8(2)19-11(12)21/h3-4,6H,1-2H3,(H,18,20)(H,19,21)/t12-/m0/s1. The van der Waals surface area contributed by atoms with Gasteiger partial charge in [0.15, 0.2) is 0 Å². The van der Waals surface area contributed by atoms with Gasteiger partial charge >= 0.3 is 6.18 Å². The number of halogens is 3. The summed E-state index contributed by atoms with van der Waals surface area (Å²) in [5, 5.41) is 13.1. The van der Waals surface area contributed by atoms with E-state index in [2.05, 4.69) is 15.6 Å². The van der Waals surface area contributed by atoms with Crippen molar-refractivity contribution in [3.05, 3.63) is 35.2 Å². The van der Waals surface area contributed by atoms with Crippen LogP contribution in [0.15, 0.2) is 29.6 Å². The predicted molar refractivity (Wildman–Crippen MR) is 67.8 cm³/mol. The van der Waals surface area contributed by atoms with Gasteiger partial charge in [0.2, 0.25) is 0 Å². The first-order valence-corrected chi connectivity index (χ1v) is 5.93. The Bertz CT molecular complexity index is 657. The highest BCUT2D eigenvalue weighted by Crippen LogP contribution is 2.42. The molecule has 0 saturated carbocycles. The zero-order valence-corrected chi connectivity index (χ0v) is 11.2. The van der Waals surface area contributed by atoms with Crippen molar-refractivity contribution in [3.63, 3.8) is 0 Å². The van der Waals surface area contributed by atoms with Crippen molar-refractivity contribution in [2.24, 2.45) is 0 Å². The number of rotatable bonds is 2. The molecular weight excluding hydrogens is 285 g/mol. The van der Waals surface area contributed by atoms with Crippen LogP contribution in [0.3, 0.4) is 0 Å². The fourth-order valence-corrected chi connectivity index (χ4v) is 2.08. The van der Waals surface area contributed by atoms with Crippen LogP contribution in [0.2, 0.25) is 0 Å². The van der Waals surface area contributed by atoms with Crippen molar-refractivity contribution in [2.45, 2.75) is 25.6 Å². The zero-order chi connectivity index (χ0) is 15.8. The first-order valence-electron chi connectivity index (χ1n) is 5.93. The summed E-state index contributed by atoms with van der Waals surface area (Å²) >= 11 is 0. The molecule has 0 unspecified atom stereocenters. The predicted octanol–water partition coefficient (Wildman–Crippen LogP) is 2.03. The normalized spacial score (nSPS) is 22.0. The maximum absolute atomic E-state index is 13.5. The van der Waals surface area contributed by atoms with Crippen LogP contribution in [0.1, 0.15) is 12.5 Å². The lowest BCUT2D eigenvalue weighted by atomic mass is 9.90. The molecule has 0 radical (unpaired) electrons. The lowest BCUT2D eigenvalue weighted by Gasteiger charge is -2.30. The van der Waals surface area contributed by atoms with Crippen LogP contribution in [0.4, 0.5) is 19.0 Å². The van der Waals surface area contributed by atoms with E-state index >= 15 is 0 Å². The fraction of sp³-hybridized carbons (Fsp3) is 0.308. The molecule has 1 atom stereocenters. The van der Waals surface area contributed by atoms with Crippen molar-refractivity contribution < 1.29 is 18.0 Å². The Morgan fingerprint density at radius 3 is 2.52 bits per heavy atom. The van der Waals surface area contributed by atoms with Gasteiger partial charge in [0, 0.05) is 11.9 Å². The van der Waals surface area contributed by atoms with Gasteiger partial charge in [0.25, 0.3) is 11.4 Å². The molecule has 1 aromatic rings. The number of hydrogen-bond acceptors (Lipinski definition) is 4. The second-order valence-corrected chi connectivity index (χ2v) is 4.66. The van der Waals surface area contributed by atoms with Gasteiger partial charge in [-0.25, -0.2) is 4.98 Å². The topological polar surface area (TPSA) is 77.8 Å². The lowest BCUT2D eigenvalue weighted by molar-refractivity contribution is -0.174. The Labute approximate surface area is 118 Å². The number of carbonyl (C=O) groups is 1. The van der Waals surface area contributed by atoms with Gasteiger partial charge in [-0.15, -0.1) is 0 Å². The van der Waals surface area contributed by atoms with Crippen molar-refractivity contribution in [3.8, 4) is 6.07 Å². The van der Waals surface area contributed by atoms with Crippen molar-refractivity contribution in [1.29, 1.82) is 5.26 Å². The Morgan fingerprint density at radius 2 is 2.05 bits per heavy atom. The molecular formula is C13H11F3N4O. The number of nitrogens with one attached hydrogen (secondary N) is 2. The molecule has 1 aliphatic rings. The van der Waals surface area contributed by atoms with E-state index in [1.54, 1.807) is 13.0 Å². The summed E-state index contributed by atoms with van der Waals surface area (Å²) in [5.74, 6) is -1.48. The summed E-state index contributed by atoms with van der Waals surface area (Å²) in [5.41, 5.74) is -3.19. The van der Waals surface area contributed by atoms with Crippen LogP contribution in [0, 0.1) is 18.3 Å². The SMILES string of the molecule is CC1=C(C#N)[C@@](Nc2ccc(C)cn2)(C(F)(F)F)C(=O)N1. The average Bonchev–Trinajstić information content (AvgIpc) is 2.63. The number of hydrogen-bond donors (Lipinski definition) is 2. The van der Waals surface area contributed by atoms with Gasteiger partial charge in [-0.3, -0.25) is 4.79 Å². The van der Waals surface area contributed by atoms with Crippen LogP contribution in [-0.2, 0) is 4.79 Å². The molecule has 1 amide bonds. The number of aryl methyl sites for hydroxylation is 1. The molecule has 2 rings (SSSR count). The van der Waals surface area contributed by atoms with Crippen LogP contribution < -0.4 is 10.6 Å². The Morgan fingerprint density at radius 1 is 1.38 bits per heavy atom. The first-order chi connectivity index (χ1) is 9.72. The van der Waals surface area contributed by atoms with E-state index in [0.717, 1.165) is 5.56 Å². The minimum Gasteiger partial charge on any atom is -0.344 e. The maximum atomic E-state index is 13.5. The quantitative estimate of drug-likeness (QED) is 0.875. The largest absolute Gasteiger partial charge is 0.425 e. The zero-order valence-electron chi connectivity index (χ0n) is 11.2. The summed E-state index contributed by atoms with van der Waals surface area (Å²) in [6.45, 7) is 2.97. The molecule has 0 fully saturated rings. The third-order valence-corrected chi connectivity index (χ3v) is 3.16. The highest BCUT2D eigenvalue weighted by atomic mass is 19.4. The lowest BCUT2D eigenvalue weighted by Crippen LogP contribution is -2.59. The van der Waals surface area contributed by atoms with Gasteiger partial charge in [0.05, 0.1) is 11.6 Å². The molecule has 0 saturated heterocycles. The summed E-state index contributed by atoms with van der Waals surface area (Å²) in [6, 6.07) is 4.33. The van der Waals surface area contributed by atoms with E-state index in [4.69, 9.17) is 5.26 Å². The Kier molecular flexibility index (Phi) is 3.37. The number of carbonyl (C=O) groups excluding carboxylic acids is 1. The molecule has 8 heteroatoms. The van der Waals surface area contributed by atoms with E-state index in [-0.39, 0.29) is 11.5 Å². The van der Waals surface area contributed by atoms with E-state index in [1.807, 2.05) is 0 Å². The first kappa shape index (κ1) is 14.8. The molecule has 2 heterocycles. The molecule has 1 aliphatic heterocycles. The van der Waals surface area contributed by atoms with E-state index in [0.29, 0.717) is 0 Å². The number of allylic oxidation sites excluding steroid dienone is 1. The van der Waals surface area contributed by atoms with Gasteiger partial charge in [-0.2, -0.15) is 18.4 Å². The van der Waals surface area contributed by atoms with Crippen LogP contribution in [0.25, 0.3) is 0 Å². The Balaban J connectivity index is 2.57. The third kappa shape index (κ3) is 2.20. The van der Waals surface area contributed by atoms with Crippen LogP contribution in [0.5, 0.6) is 0 Å². The smallest absolute Gasteiger partial charge is 0.344 e. The van der Waals surface area contributed by atoms with Crippen LogP contribution in [-0.4, -0.2) is 22.6 Å². The number of alkyl halides is 3. The molecule has 110 valence electrons. The summed E-state index contributed by atoms with van der Waals surface area (Å²) in [4.78, 5) is 15.7. The number of nitriles is 1. The molecule has 2 N–H and O–H groups in total. The van der Waals surface area contributed by atoms with Crippen molar-refractivity contribution >= 4 is 11.7 Å². The van der Waals surface area contributed by atoms with E-state index in [1.165, 1.54) is 25.3 Å². The van der Waals surface area contributed by atoms with Crippen molar-refractivity contribution in [1.82, 2.24) is 10.3 Å². The molecule has 0 aromatic carbocycles.